The number of benzene rings is 1. The lowest BCUT2D eigenvalue weighted by Crippen LogP contribution is -2.36. The van der Waals surface area contributed by atoms with Crippen molar-refractivity contribution in [2.24, 2.45) is 5.92 Å². The Morgan fingerprint density at radius 1 is 1.50 bits per heavy atom. The summed E-state index contributed by atoms with van der Waals surface area (Å²) in [6.07, 6.45) is 2.34. The quantitative estimate of drug-likeness (QED) is 0.927. The zero-order valence-corrected chi connectivity index (χ0v) is 12.3. The van der Waals surface area contributed by atoms with Gasteiger partial charge in [0.1, 0.15) is 5.75 Å². The summed E-state index contributed by atoms with van der Waals surface area (Å²) in [5.74, 6) is 1.31. The zero-order chi connectivity index (χ0) is 13.0. The molecule has 4 heteroatoms. The lowest BCUT2D eigenvalue weighted by Gasteiger charge is -2.31. The van der Waals surface area contributed by atoms with E-state index >= 15 is 0 Å². The summed E-state index contributed by atoms with van der Waals surface area (Å²) in [6.45, 7) is 3.38. The maximum Gasteiger partial charge on any atom is 0.133 e. The molecule has 1 heterocycles. The van der Waals surface area contributed by atoms with Crippen LogP contribution >= 0.6 is 15.9 Å². The van der Waals surface area contributed by atoms with E-state index in [1.54, 1.807) is 7.11 Å². The first kappa shape index (κ1) is 13.8. The normalized spacial score (nSPS) is 20.9. The molecule has 0 amide bonds. The van der Waals surface area contributed by atoms with Gasteiger partial charge >= 0.3 is 0 Å². The Morgan fingerprint density at radius 2 is 2.33 bits per heavy atom. The fourth-order valence-corrected chi connectivity index (χ4v) is 3.10. The molecule has 1 N–H and O–H groups in total. The summed E-state index contributed by atoms with van der Waals surface area (Å²) in [6, 6.07) is 6.21. The zero-order valence-electron chi connectivity index (χ0n) is 10.7. The molecule has 1 atom stereocenters. The molecule has 0 aromatic heterocycles. The third kappa shape index (κ3) is 3.46. The first-order valence-electron chi connectivity index (χ1n) is 6.38. The van der Waals surface area contributed by atoms with E-state index in [-0.39, 0.29) is 0 Å². The second-order valence-electron chi connectivity index (χ2n) is 4.89. The third-order valence-electron chi connectivity index (χ3n) is 3.48. The minimum atomic E-state index is 0.308. The highest BCUT2D eigenvalue weighted by molar-refractivity contribution is 9.10. The molecular weight excluding hydrogens is 294 g/mol. The molecule has 0 radical (unpaired) electrons. The Balaban J connectivity index is 1.98. The van der Waals surface area contributed by atoms with Gasteiger partial charge in [-0.15, -0.1) is 0 Å². The number of likely N-dealkylation sites (tertiary alicyclic amines) is 1. The van der Waals surface area contributed by atoms with Crippen LogP contribution in [0.3, 0.4) is 0 Å². The van der Waals surface area contributed by atoms with Crippen LogP contribution < -0.4 is 4.74 Å². The van der Waals surface area contributed by atoms with Crippen molar-refractivity contribution in [2.45, 2.75) is 19.4 Å². The van der Waals surface area contributed by atoms with E-state index < -0.39 is 0 Å². The lowest BCUT2D eigenvalue weighted by molar-refractivity contribution is 0.116. The van der Waals surface area contributed by atoms with Gasteiger partial charge in [0, 0.05) is 19.7 Å². The summed E-state index contributed by atoms with van der Waals surface area (Å²) in [5, 5.41) is 9.24. The summed E-state index contributed by atoms with van der Waals surface area (Å²) in [7, 11) is 1.68. The van der Waals surface area contributed by atoms with E-state index in [0.29, 0.717) is 12.5 Å². The average Bonchev–Trinajstić information content (AvgIpc) is 2.39. The first-order valence-corrected chi connectivity index (χ1v) is 7.18. The van der Waals surface area contributed by atoms with Gasteiger partial charge in [0.25, 0.3) is 0 Å². The Hall–Kier alpha value is -0.580. The molecule has 18 heavy (non-hydrogen) atoms. The second kappa shape index (κ2) is 6.55. The van der Waals surface area contributed by atoms with E-state index in [4.69, 9.17) is 4.74 Å². The first-order chi connectivity index (χ1) is 8.72. The van der Waals surface area contributed by atoms with Crippen LogP contribution in [-0.4, -0.2) is 36.8 Å². The molecule has 0 saturated carbocycles. The highest BCUT2D eigenvalue weighted by Crippen LogP contribution is 2.26. The topological polar surface area (TPSA) is 32.7 Å². The molecular formula is C14H20BrNO2. The molecule has 0 bridgehead atoms. The molecule has 0 aliphatic carbocycles. The maximum absolute atomic E-state index is 9.24. The fraction of sp³-hybridized carbons (Fsp3) is 0.571. The van der Waals surface area contributed by atoms with Crippen molar-refractivity contribution in [2.75, 3.05) is 26.8 Å². The van der Waals surface area contributed by atoms with Crippen LogP contribution in [0.5, 0.6) is 5.75 Å². The van der Waals surface area contributed by atoms with E-state index in [1.165, 1.54) is 12.0 Å². The molecule has 1 aliphatic heterocycles. The lowest BCUT2D eigenvalue weighted by atomic mass is 9.98. The Labute approximate surface area is 117 Å². The number of nitrogens with zero attached hydrogens (tertiary/aromatic N) is 1. The van der Waals surface area contributed by atoms with E-state index in [9.17, 15) is 5.11 Å². The van der Waals surface area contributed by atoms with Gasteiger partial charge in [0.05, 0.1) is 11.6 Å². The van der Waals surface area contributed by atoms with Gasteiger partial charge in [-0.1, -0.05) is 6.07 Å². The number of ether oxygens (including phenoxy) is 1. The van der Waals surface area contributed by atoms with E-state index in [1.807, 2.05) is 6.07 Å². The molecule has 1 unspecified atom stereocenters. The molecule has 0 spiro atoms. The van der Waals surface area contributed by atoms with Gasteiger partial charge in [-0.25, -0.2) is 0 Å². The van der Waals surface area contributed by atoms with Gasteiger partial charge in [-0.05, 0) is 58.9 Å². The summed E-state index contributed by atoms with van der Waals surface area (Å²) >= 11 is 3.51. The smallest absolute Gasteiger partial charge is 0.133 e. The Morgan fingerprint density at radius 3 is 3.00 bits per heavy atom. The molecule has 1 aromatic rings. The van der Waals surface area contributed by atoms with Crippen LogP contribution in [0.1, 0.15) is 18.4 Å². The van der Waals surface area contributed by atoms with Crippen molar-refractivity contribution in [1.29, 1.82) is 0 Å². The monoisotopic (exact) mass is 313 g/mol. The van der Waals surface area contributed by atoms with Crippen molar-refractivity contribution >= 4 is 15.9 Å². The molecule has 1 saturated heterocycles. The third-order valence-corrected chi connectivity index (χ3v) is 4.10. The van der Waals surface area contributed by atoms with Crippen LogP contribution in [0.15, 0.2) is 22.7 Å². The van der Waals surface area contributed by atoms with Crippen LogP contribution in [0, 0.1) is 5.92 Å². The minimum Gasteiger partial charge on any atom is -0.496 e. The average molecular weight is 314 g/mol. The number of hydrogen-bond acceptors (Lipinski definition) is 3. The molecule has 100 valence electrons. The summed E-state index contributed by atoms with van der Waals surface area (Å²) < 4.78 is 6.23. The number of piperidine rings is 1. The van der Waals surface area contributed by atoms with Crippen LogP contribution in [0.4, 0.5) is 0 Å². The number of aliphatic hydroxyl groups excluding tert-OH is 1. The molecule has 2 rings (SSSR count). The van der Waals surface area contributed by atoms with Gasteiger partial charge in [0.15, 0.2) is 0 Å². The van der Waals surface area contributed by atoms with Crippen molar-refractivity contribution < 1.29 is 9.84 Å². The van der Waals surface area contributed by atoms with Crippen LogP contribution in [-0.2, 0) is 6.54 Å². The largest absolute Gasteiger partial charge is 0.496 e. The highest BCUT2D eigenvalue weighted by atomic mass is 79.9. The van der Waals surface area contributed by atoms with Crippen LogP contribution in [0.2, 0.25) is 0 Å². The maximum atomic E-state index is 9.24. The number of aliphatic hydroxyl groups is 1. The standard InChI is InChI=1S/C14H20BrNO2/c1-18-14-5-4-11(7-13(14)15)8-16-6-2-3-12(9-16)10-17/h4-5,7,12,17H,2-3,6,8-10H2,1H3. The van der Waals surface area contributed by atoms with Crippen molar-refractivity contribution in [1.82, 2.24) is 4.90 Å². The van der Waals surface area contributed by atoms with Crippen molar-refractivity contribution in [3.63, 3.8) is 0 Å². The van der Waals surface area contributed by atoms with Gasteiger partial charge in [0.2, 0.25) is 0 Å². The van der Waals surface area contributed by atoms with Crippen molar-refractivity contribution in [3.05, 3.63) is 28.2 Å². The molecule has 1 aliphatic rings. The number of methoxy groups -OCH3 is 1. The minimum absolute atomic E-state index is 0.308. The van der Waals surface area contributed by atoms with Gasteiger partial charge < -0.3 is 9.84 Å². The predicted octanol–water partition coefficient (Wildman–Crippen LogP) is 2.66. The Bertz CT molecular complexity index is 397. The number of halogens is 1. The van der Waals surface area contributed by atoms with E-state index in [0.717, 1.165) is 36.3 Å². The summed E-state index contributed by atoms with van der Waals surface area (Å²) in [4.78, 5) is 2.42. The number of hydrogen-bond donors (Lipinski definition) is 1. The Kier molecular flexibility index (Phi) is 5.03. The predicted molar refractivity (Wildman–Crippen MR) is 75.8 cm³/mol. The molecule has 3 nitrogen and oxygen atoms in total. The van der Waals surface area contributed by atoms with E-state index in [2.05, 4.69) is 33.0 Å². The fourth-order valence-electron chi connectivity index (χ4n) is 2.51. The molecule has 1 fully saturated rings. The molecule has 1 aromatic carbocycles. The summed E-state index contributed by atoms with van der Waals surface area (Å²) in [5.41, 5.74) is 1.28. The second-order valence-corrected chi connectivity index (χ2v) is 5.75. The SMILES string of the molecule is COc1ccc(CN2CCCC(CO)C2)cc1Br. The van der Waals surface area contributed by atoms with Gasteiger partial charge in [-0.2, -0.15) is 0 Å². The van der Waals surface area contributed by atoms with Crippen molar-refractivity contribution in [3.8, 4) is 5.75 Å². The van der Waals surface area contributed by atoms with Crippen LogP contribution in [0.25, 0.3) is 0 Å². The number of rotatable bonds is 4. The highest BCUT2D eigenvalue weighted by Gasteiger charge is 2.19. The van der Waals surface area contributed by atoms with Gasteiger partial charge in [-0.3, -0.25) is 4.90 Å².